The highest BCUT2D eigenvalue weighted by atomic mass is 79.9. The summed E-state index contributed by atoms with van der Waals surface area (Å²) in [4.78, 5) is 9.31. The molecular weight excluding hydrogens is 314 g/mol. The zero-order valence-electron chi connectivity index (χ0n) is 11.6. The number of rotatable bonds is 2. The number of aromatic nitrogens is 2. The molecule has 0 amide bonds. The SMILES string of the molecule is Cc1nc(C2(c3ccccc3)CCCC2)nc(N)c1Br. The summed E-state index contributed by atoms with van der Waals surface area (Å²) in [6.07, 6.45) is 4.62. The summed E-state index contributed by atoms with van der Waals surface area (Å²) < 4.78 is 0.808. The third-order valence-electron chi connectivity index (χ3n) is 4.25. The van der Waals surface area contributed by atoms with E-state index in [1.165, 1.54) is 18.4 Å². The molecule has 1 fully saturated rings. The number of aryl methyl sites for hydroxylation is 1. The minimum absolute atomic E-state index is 0.0686. The van der Waals surface area contributed by atoms with Crippen molar-refractivity contribution < 1.29 is 0 Å². The van der Waals surface area contributed by atoms with Gasteiger partial charge in [-0.3, -0.25) is 0 Å². The van der Waals surface area contributed by atoms with Crippen LogP contribution >= 0.6 is 15.9 Å². The van der Waals surface area contributed by atoms with Crippen LogP contribution in [0.1, 0.15) is 42.8 Å². The molecule has 0 atom stereocenters. The van der Waals surface area contributed by atoms with Crippen LogP contribution in [-0.2, 0) is 5.41 Å². The quantitative estimate of drug-likeness (QED) is 0.905. The molecule has 1 aliphatic carbocycles. The van der Waals surface area contributed by atoms with Gasteiger partial charge in [-0.25, -0.2) is 9.97 Å². The molecule has 0 radical (unpaired) electrons. The number of nitrogens with zero attached hydrogens (tertiary/aromatic N) is 2. The zero-order valence-corrected chi connectivity index (χ0v) is 13.2. The number of hydrogen-bond acceptors (Lipinski definition) is 3. The van der Waals surface area contributed by atoms with Crippen LogP contribution < -0.4 is 5.73 Å². The summed E-state index contributed by atoms with van der Waals surface area (Å²) in [6, 6.07) is 10.6. The van der Waals surface area contributed by atoms with Crippen molar-refractivity contribution >= 4 is 21.7 Å². The fraction of sp³-hybridized carbons (Fsp3) is 0.375. The summed E-state index contributed by atoms with van der Waals surface area (Å²) >= 11 is 3.45. The molecule has 0 bridgehead atoms. The Morgan fingerprint density at radius 1 is 1.10 bits per heavy atom. The Morgan fingerprint density at radius 3 is 2.35 bits per heavy atom. The van der Waals surface area contributed by atoms with Crippen molar-refractivity contribution in [1.29, 1.82) is 0 Å². The molecule has 3 rings (SSSR count). The number of anilines is 1. The van der Waals surface area contributed by atoms with Crippen LogP contribution in [0.2, 0.25) is 0 Å². The van der Waals surface area contributed by atoms with Crippen LogP contribution in [0.3, 0.4) is 0 Å². The molecular formula is C16H18BrN3. The first kappa shape index (κ1) is 13.6. The lowest BCUT2D eigenvalue weighted by molar-refractivity contribution is 0.498. The Morgan fingerprint density at radius 2 is 1.75 bits per heavy atom. The predicted molar refractivity (Wildman–Crippen MR) is 84.6 cm³/mol. The van der Waals surface area contributed by atoms with Crippen molar-refractivity contribution in [3.63, 3.8) is 0 Å². The second-order valence-electron chi connectivity index (χ2n) is 5.49. The predicted octanol–water partition coefficient (Wildman–Crippen LogP) is 3.99. The molecule has 2 aromatic rings. The molecule has 20 heavy (non-hydrogen) atoms. The van der Waals surface area contributed by atoms with Gasteiger partial charge in [0.1, 0.15) is 11.6 Å². The first-order chi connectivity index (χ1) is 9.63. The highest BCUT2D eigenvalue weighted by molar-refractivity contribution is 9.10. The van der Waals surface area contributed by atoms with Gasteiger partial charge in [-0.05, 0) is 41.3 Å². The molecule has 1 saturated carbocycles. The topological polar surface area (TPSA) is 51.8 Å². The maximum Gasteiger partial charge on any atom is 0.141 e. The molecule has 1 heterocycles. The molecule has 1 aromatic carbocycles. The van der Waals surface area contributed by atoms with Crippen molar-refractivity contribution in [3.05, 3.63) is 51.9 Å². The van der Waals surface area contributed by atoms with Crippen LogP contribution in [0.25, 0.3) is 0 Å². The number of nitrogens with two attached hydrogens (primary N) is 1. The van der Waals surface area contributed by atoms with Gasteiger partial charge in [-0.1, -0.05) is 43.2 Å². The van der Waals surface area contributed by atoms with Crippen molar-refractivity contribution in [3.8, 4) is 0 Å². The average Bonchev–Trinajstić information content (AvgIpc) is 2.96. The monoisotopic (exact) mass is 331 g/mol. The Kier molecular flexibility index (Phi) is 3.50. The fourth-order valence-corrected chi connectivity index (χ4v) is 3.35. The number of halogens is 1. The highest BCUT2D eigenvalue weighted by Crippen LogP contribution is 2.45. The van der Waals surface area contributed by atoms with Crippen LogP contribution in [0.5, 0.6) is 0 Å². The maximum atomic E-state index is 6.03. The van der Waals surface area contributed by atoms with E-state index < -0.39 is 0 Å². The lowest BCUT2D eigenvalue weighted by Gasteiger charge is -2.28. The van der Waals surface area contributed by atoms with Crippen molar-refractivity contribution in [2.75, 3.05) is 5.73 Å². The van der Waals surface area contributed by atoms with Gasteiger partial charge in [0.25, 0.3) is 0 Å². The number of hydrogen-bond donors (Lipinski definition) is 1. The second-order valence-corrected chi connectivity index (χ2v) is 6.28. The van der Waals surface area contributed by atoms with E-state index in [9.17, 15) is 0 Å². The second kappa shape index (κ2) is 5.17. The average molecular weight is 332 g/mol. The van der Waals surface area contributed by atoms with Crippen molar-refractivity contribution in [2.45, 2.75) is 38.0 Å². The van der Waals surface area contributed by atoms with Gasteiger partial charge in [0.2, 0.25) is 0 Å². The molecule has 0 spiro atoms. The lowest BCUT2D eigenvalue weighted by atomic mass is 9.78. The van der Waals surface area contributed by atoms with Gasteiger partial charge in [0.05, 0.1) is 15.6 Å². The summed E-state index contributed by atoms with van der Waals surface area (Å²) in [7, 11) is 0. The van der Waals surface area contributed by atoms with Gasteiger partial charge >= 0.3 is 0 Å². The summed E-state index contributed by atoms with van der Waals surface area (Å²) in [6.45, 7) is 1.97. The van der Waals surface area contributed by atoms with E-state index in [4.69, 9.17) is 10.7 Å². The van der Waals surface area contributed by atoms with Gasteiger partial charge in [-0.15, -0.1) is 0 Å². The zero-order chi connectivity index (χ0) is 14.2. The van der Waals surface area contributed by atoms with Crippen LogP contribution in [0.15, 0.2) is 34.8 Å². The van der Waals surface area contributed by atoms with Gasteiger partial charge < -0.3 is 5.73 Å². The van der Waals surface area contributed by atoms with E-state index in [2.05, 4.69) is 45.2 Å². The molecule has 3 nitrogen and oxygen atoms in total. The van der Waals surface area contributed by atoms with Gasteiger partial charge in [-0.2, -0.15) is 0 Å². The third-order valence-corrected chi connectivity index (χ3v) is 5.23. The van der Waals surface area contributed by atoms with Crippen LogP contribution in [-0.4, -0.2) is 9.97 Å². The van der Waals surface area contributed by atoms with E-state index in [1.54, 1.807) is 0 Å². The smallest absolute Gasteiger partial charge is 0.141 e. The molecule has 104 valence electrons. The third kappa shape index (κ3) is 2.12. The highest BCUT2D eigenvalue weighted by Gasteiger charge is 2.40. The largest absolute Gasteiger partial charge is 0.383 e. The van der Waals surface area contributed by atoms with E-state index >= 15 is 0 Å². The molecule has 0 saturated heterocycles. The Labute approximate surface area is 127 Å². The minimum atomic E-state index is -0.0686. The molecule has 4 heteroatoms. The lowest BCUT2D eigenvalue weighted by Crippen LogP contribution is -2.27. The van der Waals surface area contributed by atoms with Crippen molar-refractivity contribution in [1.82, 2.24) is 9.97 Å². The summed E-state index contributed by atoms with van der Waals surface area (Å²) in [5.74, 6) is 1.41. The molecule has 0 aliphatic heterocycles. The fourth-order valence-electron chi connectivity index (χ4n) is 3.17. The molecule has 1 aliphatic rings. The van der Waals surface area contributed by atoms with E-state index in [0.717, 1.165) is 28.8 Å². The van der Waals surface area contributed by atoms with Crippen LogP contribution in [0.4, 0.5) is 5.82 Å². The minimum Gasteiger partial charge on any atom is -0.383 e. The van der Waals surface area contributed by atoms with Gasteiger partial charge in [0.15, 0.2) is 0 Å². The van der Waals surface area contributed by atoms with E-state index in [0.29, 0.717) is 5.82 Å². The van der Waals surface area contributed by atoms with Crippen LogP contribution in [0, 0.1) is 6.92 Å². The summed E-state index contributed by atoms with van der Waals surface area (Å²) in [5, 5.41) is 0. The molecule has 2 N–H and O–H groups in total. The Bertz CT molecular complexity index is 596. The van der Waals surface area contributed by atoms with Gasteiger partial charge in [0, 0.05) is 0 Å². The molecule has 1 aromatic heterocycles. The van der Waals surface area contributed by atoms with Crippen molar-refractivity contribution in [2.24, 2.45) is 0 Å². The maximum absolute atomic E-state index is 6.03. The van der Waals surface area contributed by atoms with E-state index in [1.807, 2.05) is 13.0 Å². The molecule has 0 unspecified atom stereocenters. The standard InChI is InChI=1S/C16H18BrN3/c1-11-13(17)14(18)20-15(19-11)16(9-5-6-10-16)12-7-3-2-4-8-12/h2-4,7-8H,5-6,9-10H2,1H3,(H2,18,19,20). The van der Waals surface area contributed by atoms with E-state index in [-0.39, 0.29) is 5.41 Å². The number of nitrogen functional groups attached to an aromatic ring is 1. The normalized spacial score (nSPS) is 17.3. The number of benzene rings is 1. The summed E-state index contributed by atoms with van der Waals surface area (Å²) in [5.41, 5.74) is 8.18. The Balaban J connectivity index is 2.17. The Hall–Kier alpha value is -1.42. The first-order valence-electron chi connectivity index (χ1n) is 6.99. The first-order valence-corrected chi connectivity index (χ1v) is 7.78.